The van der Waals surface area contributed by atoms with E-state index in [2.05, 4.69) is 6.92 Å². The molecule has 0 spiro atoms. The van der Waals surface area contributed by atoms with Crippen molar-refractivity contribution in [3.05, 3.63) is 0 Å². The SMILES string of the molecule is CCCCOC(C(=O)O)C(C)(C)C. The molecule has 0 radical (unpaired) electrons. The molecule has 1 atom stereocenters. The van der Waals surface area contributed by atoms with Crippen LogP contribution in [0.4, 0.5) is 0 Å². The van der Waals surface area contributed by atoms with Gasteiger partial charge in [0.2, 0.25) is 0 Å². The van der Waals surface area contributed by atoms with Crippen molar-refractivity contribution in [3.8, 4) is 0 Å². The second kappa shape index (κ2) is 5.22. The highest BCUT2D eigenvalue weighted by atomic mass is 16.5. The first-order valence-electron chi connectivity index (χ1n) is 4.74. The maximum atomic E-state index is 10.8. The minimum atomic E-state index is -0.872. The summed E-state index contributed by atoms with van der Waals surface area (Å²) in [6.07, 6.45) is 1.25. The third kappa shape index (κ3) is 4.88. The van der Waals surface area contributed by atoms with Crippen molar-refractivity contribution in [1.29, 1.82) is 0 Å². The lowest BCUT2D eigenvalue weighted by Crippen LogP contribution is -2.37. The molecule has 1 N–H and O–H groups in total. The fraction of sp³-hybridized carbons (Fsp3) is 0.900. The van der Waals surface area contributed by atoms with Crippen LogP contribution in [0.25, 0.3) is 0 Å². The van der Waals surface area contributed by atoms with Gasteiger partial charge in [-0.05, 0) is 11.8 Å². The molecule has 3 heteroatoms. The Morgan fingerprint density at radius 3 is 2.31 bits per heavy atom. The number of aliphatic carboxylic acids is 1. The summed E-state index contributed by atoms with van der Waals surface area (Å²) >= 11 is 0. The van der Waals surface area contributed by atoms with Crippen LogP contribution < -0.4 is 0 Å². The molecule has 0 saturated carbocycles. The average Bonchev–Trinajstić information content (AvgIpc) is 1.94. The van der Waals surface area contributed by atoms with Crippen LogP contribution >= 0.6 is 0 Å². The van der Waals surface area contributed by atoms with Crippen LogP contribution in [0.15, 0.2) is 0 Å². The van der Waals surface area contributed by atoms with Gasteiger partial charge in [0.25, 0.3) is 0 Å². The van der Waals surface area contributed by atoms with E-state index in [1.54, 1.807) is 0 Å². The molecule has 0 aromatic rings. The van der Waals surface area contributed by atoms with Crippen LogP contribution in [0.3, 0.4) is 0 Å². The van der Waals surface area contributed by atoms with Crippen molar-refractivity contribution in [2.24, 2.45) is 5.41 Å². The molecule has 13 heavy (non-hydrogen) atoms. The maximum Gasteiger partial charge on any atom is 0.333 e. The van der Waals surface area contributed by atoms with Gasteiger partial charge in [-0.25, -0.2) is 4.79 Å². The lowest BCUT2D eigenvalue weighted by atomic mass is 9.89. The smallest absolute Gasteiger partial charge is 0.333 e. The molecule has 78 valence electrons. The van der Waals surface area contributed by atoms with Gasteiger partial charge in [0.15, 0.2) is 6.10 Å². The van der Waals surface area contributed by atoms with E-state index in [9.17, 15) is 4.79 Å². The fourth-order valence-corrected chi connectivity index (χ4v) is 1.04. The van der Waals surface area contributed by atoms with Crippen LogP contribution in [0, 0.1) is 5.41 Å². The summed E-state index contributed by atoms with van der Waals surface area (Å²) in [7, 11) is 0. The van der Waals surface area contributed by atoms with E-state index in [0.717, 1.165) is 12.8 Å². The molecule has 0 heterocycles. The third-order valence-electron chi connectivity index (χ3n) is 1.79. The summed E-state index contributed by atoms with van der Waals surface area (Å²) in [6.45, 7) is 8.20. The monoisotopic (exact) mass is 188 g/mol. The van der Waals surface area contributed by atoms with Gasteiger partial charge in [0.05, 0.1) is 0 Å². The summed E-state index contributed by atoms with van der Waals surface area (Å²) < 4.78 is 5.31. The van der Waals surface area contributed by atoms with Gasteiger partial charge in [-0.1, -0.05) is 34.1 Å². The molecule has 3 nitrogen and oxygen atoms in total. The van der Waals surface area contributed by atoms with E-state index in [-0.39, 0.29) is 5.41 Å². The zero-order valence-electron chi connectivity index (χ0n) is 8.96. The van der Waals surface area contributed by atoms with Crippen molar-refractivity contribution in [2.45, 2.75) is 46.6 Å². The summed E-state index contributed by atoms with van der Waals surface area (Å²) in [5, 5.41) is 8.88. The number of carbonyl (C=O) groups is 1. The normalized spacial score (nSPS) is 14.2. The topological polar surface area (TPSA) is 46.5 Å². The fourth-order valence-electron chi connectivity index (χ4n) is 1.04. The molecule has 0 aliphatic carbocycles. The van der Waals surface area contributed by atoms with E-state index in [0.29, 0.717) is 6.61 Å². The Morgan fingerprint density at radius 1 is 1.46 bits per heavy atom. The van der Waals surface area contributed by atoms with Gasteiger partial charge in [-0.15, -0.1) is 0 Å². The predicted molar refractivity (Wildman–Crippen MR) is 51.7 cm³/mol. The molecule has 0 amide bonds. The summed E-state index contributed by atoms with van der Waals surface area (Å²) in [5.74, 6) is -0.872. The molecule has 0 aliphatic heterocycles. The first kappa shape index (κ1) is 12.4. The van der Waals surface area contributed by atoms with Gasteiger partial charge < -0.3 is 9.84 Å². The van der Waals surface area contributed by atoms with Crippen LogP contribution in [0.5, 0.6) is 0 Å². The number of hydrogen-bond acceptors (Lipinski definition) is 2. The van der Waals surface area contributed by atoms with Crippen LogP contribution in [0.2, 0.25) is 0 Å². The van der Waals surface area contributed by atoms with Crippen molar-refractivity contribution in [3.63, 3.8) is 0 Å². The second-order valence-electron chi connectivity index (χ2n) is 4.31. The van der Waals surface area contributed by atoms with Crippen molar-refractivity contribution in [2.75, 3.05) is 6.61 Å². The Hall–Kier alpha value is -0.570. The minimum Gasteiger partial charge on any atom is -0.479 e. The molecular formula is C10H20O3. The largest absolute Gasteiger partial charge is 0.479 e. The zero-order valence-corrected chi connectivity index (χ0v) is 8.96. The molecule has 0 fully saturated rings. The van der Waals surface area contributed by atoms with Crippen LogP contribution in [0.1, 0.15) is 40.5 Å². The molecule has 0 saturated heterocycles. The maximum absolute atomic E-state index is 10.8. The second-order valence-corrected chi connectivity index (χ2v) is 4.31. The van der Waals surface area contributed by atoms with Crippen LogP contribution in [-0.4, -0.2) is 23.8 Å². The van der Waals surface area contributed by atoms with Gasteiger partial charge in [-0.2, -0.15) is 0 Å². The van der Waals surface area contributed by atoms with Gasteiger partial charge in [0, 0.05) is 6.61 Å². The predicted octanol–water partition coefficient (Wildman–Crippen LogP) is 2.30. The van der Waals surface area contributed by atoms with E-state index in [1.807, 2.05) is 20.8 Å². The van der Waals surface area contributed by atoms with Crippen molar-refractivity contribution < 1.29 is 14.6 Å². The molecule has 0 rings (SSSR count). The Bertz CT molecular complexity index is 158. The standard InChI is InChI=1S/C10H20O3/c1-5-6-7-13-8(9(11)12)10(2,3)4/h8H,5-7H2,1-4H3,(H,11,12). The highest BCUT2D eigenvalue weighted by Crippen LogP contribution is 2.22. The number of carboxylic acids is 1. The number of ether oxygens (including phenoxy) is 1. The Kier molecular flexibility index (Phi) is 4.99. The van der Waals surface area contributed by atoms with Gasteiger partial charge in [-0.3, -0.25) is 0 Å². The first-order chi connectivity index (χ1) is 5.89. The summed E-state index contributed by atoms with van der Waals surface area (Å²) in [6, 6.07) is 0. The molecule has 0 bridgehead atoms. The minimum absolute atomic E-state index is 0.334. The molecular weight excluding hydrogens is 168 g/mol. The molecule has 0 aromatic carbocycles. The quantitative estimate of drug-likeness (QED) is 0.673. The number of hydrogen-bond donors (Lipinski definition) is 1. The third-order valence-corrected chi connectivity index (χ3v) is 1.79. The number of rotatable bonds is 5. The lowest BCUT2D eigenvalue weighted by molar-refractivity contribution is -0.158. The van der Waals surface area contributed by atoms with Gasteiger partial charge in [0.1, 0.15) is 0 Å². The lowest BCUT2D eigenvalue weighted by Gasteiger charge is -2.26. The van der Waals surface area contributed by atoms with Crippen molar-refractivity contribution >= 4 is 5.97 Å². The average molecular weight is 188 g/mol. The molecule has 0 aliphatic rings. The van der Waals surface area contributed by atoms with E-state index >= 15 is 0 Å². The summed E-state index contributed by atoms with van der Waals surface area (Å²) in [5.41, 5.74) is -0.334. The van der Waals surface area contributed by atoms with Gasteiger partial charge >= 0.3 is 5.97 Å². The molecule has 0 aromatic heterocycles. The zero-order chi connectivity index (χ0) is 10.5. The number of unbranched alkanes of at least 4 members (excludes halogenated alkanes) is 1. The van der Waals surface area contributed by atoms with E-state index < -0.39 is 12.1 Å². The highest BCUT2D eigenvalue weighted by molar-refractivity contribution is 5.73. The Labute approximate surface area is 80.1 Å². The van der Waals surface area contributed by atoms with E-state index in [1.165, 1.54) is 0 Å². The number of carboxylic acid groups (broad SMARTS) is 1. The van der Waals surface area contributed by atoms with E-state index in [4.69, 9.17) is 9.84 Å². The highest BCUT2D eigenvalue weighted by Gasteiger charge is 2.31. The summed E-state index contributed by atoms with van der Waals surface area (Å²) in [4.78, 5) is 10.8. The Balaban J connectivity index is 4.04. The van der Waals surface area contributed by atoms with Crippen LogP contribution in [-0.2, 0) is 9.53 Å². The molecule has 1 unspecified atom stereocenters. The Morgan fingerprint density at radius 2 is 2.00 bits per heavy atom. The van der Waals surface area contributed by atoms with Crippen molar-refractivity contribution in [1.82, 2.24) is 0 Å². The first-order valence-corrected chi connectivity index (χ1v) is 4.74.